The maximum absolute atomic E-state index is 11.3. The van der Waals surface area contributed by atoms with Gasteiger partial charge >= 0.3 is 0 Å². The quantitative estimate of drug-likeness (QED) is 0.561. The Labute approximate surface area is 67.0 Å². The van der Waals surface area contributed by atoms with Crippen LogP contribution in [0.2, 0.25) is 0 Å². The second-order valence-corrected chi connectivity index (χ2v) is 2.89. The number of Topliss-reactive ketones (excluding diaryl/α,β-unsaturated/α-hetero) is 1. The van der Waals surface area contributed by atoms with Gasteiger partial charge in [-0.2, -0.15) is 0 Å². The Kier molecular flexibility index (Phi) is 2.22. The summed E-state index contributed by atoms with van der Waals surface area (Å²) in [6.07, 6.45) is 2.65. The molecule has 0 aromatic heterocycles. The van der Waals surface area contributed by atoms with Gasteiger partial charge in [0.25, 0.3) is 0 Å². The topological polar surface area (TPSA) is 29.4 Å². The first kappa shape index (κ1) is 8.18. The highest BCUT2D eigenvalue weighted by molar-refractivity contribution is 6.10. The number of carbonyl (C=O) groups is 1. The van der Waals surface area contributed by atoms with Gasteiger partial charge in [0.15, 0.2) is 5.78 Å². The van der Waals surface area contributed by atoms with Gasteiger partial charge in [0.05, 0.1) is 0 Å². The molecule has 60 valence electrons. The van der Waals surface area contributed by atoms with Gasteiger partial charge < -0.3 is 0 Å². The smallest absolute Gasteiger partial charge is 0.183 e. The van der Waals surface area contributed by atoms with Gasteiger partial charge in [0.1, 0.15) is 6.04 Å². The standard InChI is InChI=1S/C9H13NO/c1-4-8-9(11)6(2)5-7(3)10-8/h5,8H,4H2,1-3H3. The number of nitrogens with zero attached hydrogens (tertiary/aromatic N) is 1. The van der Waals surface area contributed by atoms with E-state index in [1.807, 2.05) is 26.8 Å². The summed E-state index contributed by atoms with van der Waals surface area (Å²) in [5, 5.41) is 0. The Bertz CT molecular complexity index is 238. The van der Waals surface area contributed by atoms with Gasteiger partial charge in [-0.3, -0.25) is 9.79 Å². The lowest BCUT2D eigenvalue weighted by Gasteiger charge is -2.14. The first-order valence-electron chi connectivity index (χ1n) is 3.92. The van der Waals surface area contributed by atoms with E-state index < -0.39 is 0 Å². The molecule has 0 amide bonds. The molecule has 1 aliphatic heterocycles. The van der Waals surface area contributed by atoms with Crippen LogP contribution in [0.3, 0.4) is 0 Å². The van der Waals surface area contributed by atoms with Crippen LogP contribution in [0.1, 0.15) is 27.2 Å². The van der Waals surface area contributed by atoms with Gasteiger partial charge in [-0.05, 0) is 31.9 Å². The Morgan fingerprint density at radius 1 is 1.55 bits per heavy atom. The number of hydrogen-bond acceptors (Lipinski definition) is 2. The monoisotopic (exact) mass is 151 g/mol. The van der Waals surface area contributed by atoms with Crippen LogP contribution in [-0.4, -0.2) is 17.5 Å². The Morgan fingerprint density at radius 2 is 2.18 bits per heavy atom. The van der Waals surface area contributed by atoms with Gasteiger partial charge in [0.2, 0.25) is 0 Å². The van der Waals surface area contributed by atoms with E-state index in [0.29, 0.717) is 0 Å². The van der Waals surface area contributed by atoms with Crippen LogP contribution in [0.4, 0.5) is 0 Å². The highest BCUT2D eigenvalue weighted by atomic mass is 16.1. The second-order valence-electron chi connectivity index (χ2n) is 2.89. The molecule has 0 spiro atoms. The van der Waals surface area contributed by atoms with Gasteiger partial charge in [-0.15, -0.1) is 0 Å². The molecule has 0 N–H and O–H groups in total. The number of ketones is 1. The Hall–Kier alpha value is -0.920. The van der Waals surface area contributed by atoms with Gasteiger partial charge in [0, 0.05) is 5.71 Å². The molecule has 11 heavy (non-hydrogen) atoms. The third-order valence-electron chi connectivity index (χ3n) is 1.86. The average Bonchev–Trinajstić information content (AvgIpc) is 1.96. The van der Waals surface area contributed by atoms with Crippen molar-refractivity contribution in [2.75, 3.05) is 0 Å². The Balaban J connectivity index is 2.90. The van der Waals surface area contributed by atoms with Crippen LogP contribution < -0.4 is 0 Å². The van der Waals surface area contributed by atoms with Crippen molar-refractivity contribution >= 4 is 11.5 Å². The molecule has 0 saturated carbocycles. The van der Waals surface area contributed by atoms with E-state index >= 15 is 0 Å². The number of rotatable bonds is 1. The van der Waals surface area contributed by atoms with Crippen LogP contribution in [0.15, 0.2) is 16.6 Å². The van der Waals surface area contributed by atoms with Crippen LogP contribution >= 0.6 is 0 Å². The van der Waals surface area contributed by atoms with Crippen molar-refractivity contribution < 1.29 is 4.79 Å². The molecule has 0 bridgehead atoms. The van der Waals surface area contributed by atoms with Gasteiger partial charge in [-0.1, -0.05) is 6.92 Å². The van der Waals surface area contributed by atoms with E-state index in [2.05, 4.69) is 4.99 Å². The lowest BCUT2D eigenvalue weighted by molar-refractivity contribution is -0.116. The summed E-state index contributed by atoms with van der Waals surface area (Å²) in [5.41, 5.74) is 1.80. The molecule has 0 aliphatic carbocycles. The summed E-state index contributed by atoms with van der Waals surface area (Å²) in [6, 6.07) is -0.111. The first-order chi connectivity index (χ1) is 5.15. The maximum atomic E-state index is 11.3. The summed E-state index contributed by atoms with van der Waals surface area (Å²) in [4.78, 5) is 15.5. The molecule has 2 nitrogen and oxygen atoms in total. The first-order valence-corrected chi connectivity index (χ1v) is 3.92. The van der Waals surface area contributed by atoms with E-state index in [4.69, 9.17) is 0 Å². The largest absolute Gasteiger partial charge is 0.292 e. The fourth-order valence-corrected chi connectivity index (χ4v) is 1.27. The number of carbonyl (C=O) groups excluding carboxylic acids is 1. The van der Waals surface area contributed by atoms with Gasteiger partial charge in [-0.25, -0.2) is 0 Å². The maximum Gasteiger partial charge on any atom is 0.183 e. The fraction of sp³-hybridized carbons (Fsp3) is 0.556. The molecule has 2 heteroatoms. The van der Waals surface area contributed by atoms with E-state index in [0.717, 1.165) is 17.7 Å². The molecule has 0 fully saturated rings. The number of aliphatic imine (C=N–C) groups is 1. The Morgan fingerprint density at radius 3 is 2.73 bits per heavy atom. The third kappa shape index (κ3) is 1.56. The van der Waals surface area contributed by atoms with Crippen LogP contribution in [0, 0.1) is 0 Å². The zero-order valence-electron chi connectivity index (χ0n) is 7.22. The van der Waals surface area contributed by atoms with Crippen molar-refractivity contribution in [2.24, 2.45) is 4.99 Å². The minimum Gasteiger partial charge on any atom is -0.292 e. The molecule has 1 atom stereocenters. The summed E-state index contributed by atoms with van der Waals surface area (Å²) in [6.45, 7) is 5.76. The highest BCUT2D eigenvalue weighted by Gasteiger charge is 2.19. The molecule has 0 aromatic carbocycles. The molecule has 1 aliphatic rings. The van der Waals surface area contributed by atoms with Crippen molar-refractivity contribution in [3.05, 3.63) is 11.6 Å². The molecule has 1 heterocycles. The molecule has 1 rings (SSSR count). The lowest BCUT2D eigenvalue weighted by Crippen LogP contribution is -2.23. The fourth-order valence-electron chi connectivity index (χ4n) is 1.27. The predicted molar refractivity (Wildman–Crippen MR) is 46.0 cm³/mol. The summed E-state index contributed by atoms with van der Waals surface area (Å²) in [5.74, 6) is 0.179. The number of hydrogen-bond donors (Lipinski definition) is 0. The van der Waals surface area contributed by atoms with Crippen LogP contribution in [0.25, 0.3) is 0 Å². The minimum absolute atomic E-state index is 0.111. The average molecular weight is 151 g/mol. The summed E-state index contributed by atoms with van der Waals surface area (Å²) < 4.78 is 0. The lowest BCUT2D eigenvalue weighted by atomic mass is 10.00. The normalized spacial score (nSPS) is 24.6. The molecule has 0 radical (unpaired) electrons. The van der Waals surface area contributed by atoms with Crippen LogP contribution in [0.5, 0.6) is 0 Å². The van der Waals surface area contributed by atoms with E-state index in [1.165, 1.54) is 0 Å². The minimum atomic E-state index is -0.111. The van der Waals surface area contributed by atoms with E-state index in [-0.39, 0.29) is 11.8 Å². The van der Waals surface area contributed by atoms with Crippen molar-refractivity contribution in [3.63, 3.8) is 0 Å². The third-order valence-corrected chi connectivity index (χ3v) is 1.86. The summed E-state index contributed by atoms with van der Waals surface area (Å²) >= 11 is 0. The van der Waals surface area contributed by atoms with Crippen molar-refractivity contribution in [1.29, 1.82) is 0 Å². The molecule has 1 unspecified atom stereocenters. The molecule has 0 saturated heterocycles. The van der Waals surface area contributed by atoms with Crippen molar-refractivity contribution in [1.82, 2.24) is 0 Å². The SMILES string of the molecule is CCC1N=C(C)C=C(C)C1=O. The van der Waals surface area contributed by atoms with Crippen molar-refractivity contribution in [3.8, 4) is 0 Å². The van der Waals surface area contributed by atoms with Crippen LogP contribution in [-0.2, 0) is 4.79 Å². The number of dihydropyridines is 1. The zero-order valence-corrected chi connectivity index (χ0v) is 7.22. The summed E-state index contributed by atoms with van der Waals surface area (Å²) in [7, 11) is 0. The predicted octanol–water partition coefficient (Wildman–Crippen LogP) is 1.75. The van der Waals surface area contributed by atoms with Crippen molar-refractivity contribution in [2.45, 2.75) is 33.2 Å². The molecule has 0 aromatic rings. The van der Waals surface area contributed by atoms with E-state index in [1.54, 1.807) is 0 Å². The van der Waals surface area contributed by atoms with E-state index in [9.17, 15) is 4.79 Å². The zero-order chi connectivity index (χ0) is 8.43. The molecular formula is C9H13NO. The highest BCUT2D eigenvalue weighted by Crippen LogP contribution is 2.12. The molecular weight excluding hydrogens is 138 g/mol. The second kappa shape index (κ2) is 2.99. The number of allylic oxidation sites excluding steroid dienone is 1.